The molecule has 0 saturated heterocycles. The minimum absolute atomic E-state index is 0.284. The molecule has 9 nitrogen and oxygen atoms in total. The molecule has 0 aromatic rings. The van der Waals surface area contributed by atoms with Crippen LogP contribution in [0.4, 0.5) is 0 Å². The average Bonchev–Trinajstić information content (AvgIpc) is 1.92. The van der Waals surface area contributed by atoms with Gasteiger partial charge in [0.2, 0.25) is 0 Å². The highest BCUT2D eigenvalue weighted by Gasteiger charge is 2.36. The maximum Gasteiger partial charge on any atom is 0.349 e. The summed E-state index contributed by atoms with van der Waals surface area (Å²) in [6.07, 6.45) is -1.18. The third-order valence-electron chi connectivity index (χ3n) is 1.71. The Morgan fingerprint density at radius 1 is 1.06 bits per heavy atom. The smallest absolute Gasteiger partial charge is 0.324 e. The number of hydrogen-bond acceptors (Lipinski definition) is 3. The number of hydrogen-bond donors (Lipinski definition) is 6. The summed E-state index contributed by atoms with van der Waals surface area (Å²) in [6.45, 7) is 0.985. The Balaban J connectivity index is 5.38. The fourth-order valence-electron chi connectivity index (χ4n) is 1.09. The van der Waals surface area contributed by atoms with E-state index < -0.39 is 40.2 Å². The Morgan fingerprint density at radius 3 is 1.71 bits per heavy atom. The summed E-state index contributed by atoms with van der Waals surface area (Å²) in [6, 6.07) is 0. The molecule has 0 amide bonds. The second-order valence-electron chi connectivity index (χ2n) is 3.41. The van der Waals surface area contributed by atoms with Crippen molar-refractivity contribution in [1.82, 2.24) is 0 Å². The van der Waals surface area contributed by atoms with Gasteiger partial charge in [0.1, 0.15) is 0 Å². The Hall–Kier alpha value is 0.190. The van der Waals surface area contributed by atoms with Gasteiger partial charge in [0.15, 0.2) is 0 Å². The van der Waals surface area contributed by atoms with Gasteiger partial charge < -0.3 is 29.4 Å². The first-order valence-electron chi connectivity index (χ1n) is 4.07. The molecular formula is C5H13O9P3. The summed E-state index contributed by atoms with van der Waals surface area (Å²) in [5.41, 5.74) is -2.38. The van der Waals surface area contributed by atoms with Crippen LogP contribution < -0.4 is 0 Å². The Morgan fingerprint density at radius 2 is 1.47 bits per heavy atom. The molecule has 0 fully saturated rings. The quantitative estimate of drug-likeness (QED) is 0.375. The van der Waals surface area contributed by atoms with Crippen molar-refractivity contribution in [1.29, 1.82) is 0 Å². The number of rotatable bonds is 5. The summed E-state index contributed by atoms with van der Waals surface area (Å²) in [5.74, 6) is 0.284. The van der Waals surface area contributed by atoms with Crippen molar-refractivity contribution in [2.24, 2.45) is 0 Å². The highest BCUT2D eigenvalue weighted by molar-refractivity contribution is 7.57. The second-order valence-corrected chi connectivity index (χ2v) is 8.35. The van der Waals surface area contributed by atoms with Gasteiger partial charge in [-0.1, -0.05) is 0 Å². The van der Waals surface area contributed by atoms with Crippen LogP contribution >= 0.6 is 22.8 Å². The van der Waals surface area contributed by atoms with E-state index in [0.29, 0.717) is 0 Å². The maximum atomic E-state index is 11.0. The van der Waals surface area contributed by atoms with Gasteiger partial charge in [0.05, 0.1) is 11.8 Å². The molecule has 0 aliphatic heterocycles. The molecule has 0 aliphatic carbocycles. The molecule has 0 rings (SSSR count). The van der Waals surface area contributed by atoms with Gasteiger partial charge in [-0.05, 0) is 12.5 Å². The predicted molar refractivity (Wildman–Crippen MR) is 58.5 cm³/mol. The molecule has 0 aromatic heterocycles. The van der Waals surface area contributed by atoms with Gasteiger partial charge in [0, 0.05) is 5.82 Å². The van der Waals surface area contributed by atoms with Gasteiger partial charge in [-0.15, -0.1) is 0 Å². The van der Waals surface area contributed by atoms with Gasteiger partial charge in [-0.2, -0.15) is 0 Å². The fraction of sp³-hybridized carbons (Fsp3) is 0.600. The summed E-state index contributed by atoms with van der Waals surface area (Å²) in [7, 11) is -14.3. The van der Waals surface area contributed by atoms with Crippen LogP contribution in [0.25, 0.3) is 0 Å². The molecule has 1 unspecified atom stereocenters. The number of allylic oxidation sites excluding steroid dienone is 1. The highest BCUT2D eigenvalue weighted by Crippen LogP contribution is 2.53. The lowest BCUT2D eigenvalue weighted by atomic mass is 10.3. The average molecular weight is 310 g/mol. The molecule has 1 atom stereocenters. The minimum atomic E-state index is -4.92. The van der Waals surface area contributed by atoms with Crippen LogP contribution in [-0.4, -0.2) is 41.2 Å². The lowest BCUT2D eigenvalue weighted by molar-refractivity contribution is 0.350. The van der Waals surface area contributed by atoms with E-state index in [1.54, 1.807) is 0 Å². The van der Waals surface area contributed by atoms with E-state index in [9.17, 15) is 13.7 Å². The summed E-state index contributed by atoms with van der Waals surface area (Å²) < 4.78 is 32.3. The molecule has 0 radical (unpaired) electrons. The molecule has 0 spiro atoms. The van der Waals surface area contributed by atoms with Crippen LogP contribution in [0.5, 0.6) is 0 Å². The molecule has 6 N–H and O–H groups in total. The van der Waals surface area contributed by atoms with Crippen LogP contribution in [0.3, 0.4) is 0 Å². The van der Waals surface area contributed by atoms with Crippen LogP contribution in [0.15, 0.2) is 11.4 Å². The van der Waals surface area contributed by atoms with Crippen LogP contribution in [0.1, 0.15) is 6.92 Å². The summed E-state index contributed by atoms with van der Waals surface area (Å²) in [4.78, 5) is 52.2. The van der Waals surface area contributed by atoms with E-state index >= 15 is 0 Å². The third kappa shape index (κ3) is 8.00. The zero-order valence-corrected chi connectivity index (χ0v) is 11.3. The zero-order chi connectivity index (χ0) is 14.1. The molecule has 0 aliphatic rings. The first-order valence-corrected chi connectivity index (χ1v) is 9.23. The SMILES string of the molecule is CC(=CP(=O)(O)O)C(CP(=O)(O)O)P(=O)(O)O. The lowest BCUT2D eigenvalue weighted by Crippen LogP contribution is -2.15. The zero-order valence-electron chi connectivity index (χ0n) is 8.61. The molecule has 0 heterocycles. The van der Waals surface area contributed by atoms with Gasteiger partial charge >= 0.3 is 22.8 Å². The van der Waals surface area contributed by atoms with Gasteiger partial charge in [0.25, 0.3) is 0 Å². The maximum absolute atomic E-state index is 11.0. The van der Waals surface area contributed by atoms with Gasteiger partial charge in [-0.25, -0.2) is 0 Å². The minimum Gasteiger partial charge on any atom is -0.324 e. The van der Waals surface area contributed by atoms with Crippen molar-refractivity contribution in [3.8, 4) is 0 Å². The Labute approximate surface area is 96.7 Å². The van der Waals surface area contributed by atoms with Crippen LogP contribution in [0, 0.1) is 0 Å². The molecule has 0 bridgehead atoms. The van der Waals surface area contributed by atoms with Crippen molar-refractivity contribution in [2.45, 2.75) is 12.6 Å². The second kappa shape index (κ2) is 5.45. The highest BCUT2D eigenvalue weighted by atomic mass is 31.2. The van der Waals surface area contributed by atoms with Crippen molar-refractivity contribution >= 4 is 22.8 Å². The molecule has 0 aromatic carbocycles. The van der Waals surface area contributed by atoms with E-state index in [0.717, 1.165) is 6.92 Å². The van der Waals surface area contributed by atoms with E-state index in [-0.39, 0.29) is 5.82 Å². The standard InChI is InChI=1S/C5H13O9P3/c1-4(2-15(6,7)8)5(17(12,13)14)3-16(9,10)11/h2,5H,3H2,1H3,(H2,6,7,8)(H2,9,10,11)(H2,12,13,14). The Bertz CT molecular complexity index is 436. The third-order valence-corrected chi connectivity index (χ3v) is 4.99. The normalized spacial score (nSPS) is 17.0. The van der Waals surface area contributed by atoms with Crippen molar-refractivity contribution in [3.05, 3.63) is 11.4 Å². The van der Waals surface area contributed by atoms with Gasteiger partial charge in [-0.3, -0.25) is 13.7 Å². The molecule has 0 saturated carbocycles. The monoisotopic (exact) mass is 310 g/mol. The molecule has 102 valence electrons. The first kappa shape index (κ1) is 17.2. The first-order chi connectivity index (χ1) is 7.22. The Kier molecular flexibility index (Phi) is 5.51. The molecular weight excluding hydrogens is 297 g/mol. The van der Waals surface area contributed by atoms with Crippen molar-refractivity contribution < 1.29 is 43.1 Å². The van der Waals surface area contributed by atoms with E-state index in [2.05, 4.69) is 0 Å². The van der Waals surface area contributed by atoms with E-state index in [4.69, 9.17) is 29.4 Å². The molecule has 17 heavy (non-hydrogen) atoms. The van der Waals surface area contributed by atoms with E-state index in [1.165, 1.54) is 0 Å². The topological polar surface area (TPSA) is 173 Å². The predicted octanol–water partition coefficient (Wildman–Crippen LogP) is -0.208. The van der Waals surface area contributed by atoms with E-state index in [1.807, 2.05) is 0 Å². The fourth-order valence-corrected chi connectivity index (χ4v) is 4.75. The van der Waals surface area contributed by atoms with Crippen LogP contribution in [-0.2, 0) is 13.7 Å². The van der Waals surface area contributed by atoms with Crippen molar-refractivity contribution in [2.75, 3.05) is 6.16 Å². The van der Waals surface area contributed by atoms with Crippen molar-refractivity contribution in [3.63, 3.8) is 0 Å². The lowest BCUT2D eigenvalue weighted by Gasteiger charge is -2.19. The largest absolute Gasteiger partial charge is 0.349 e. The molecule has 12 heteroatoms. The summed E-state index contributed by atoms with van der Waals surface area (Å²) in [5, 5.41) is 0. The summed E-state index contributed by atoms with van der Waals surface area (Å²) >= 11 is 0. The van der Waals surface area contributed by atoms with Crippen LogP contribution in [0.2, 0.25) is 0 Å².